The second-order valence-electron chi connectivity index (χ2n) is 8.16. The number of phenols is 1. The molecule has 0 aliphatic carbocycles. The number of hydrogen-bond donors (Lipinski definition) is 3. The molecule has 0 fully saturated rings. The Bertz CT molecular complexity index is 1150. The second kappa shape index (κ2) is 11.7. The molecule has 0 radical (unpaired) electrons. The van der Waals surface area contributed by atoms with Gasteiger partial charge in [-0.1, -0.05) is 18.2 Å². The van der Waals surface area contributed by atoms with Crippen molar-refractivity contribution in [3.05, 3.63) is 84.3 Å². The number of rotatable bonds is 9. The third-order valence-electron chi connectivity index (χ3n) is 5.02. The highest BCUT2D eigenvalue weighted by molar-refractivity contribution is 6.03. The van der Waals surface area contributed by atoms with E-state index in [1.807, 2.05) is 0 Å². The Hall–Kier alpha value is -4.27. The highest BCUT2D eigenvalue weighted by atomic mass is 19.1. The number of benzene rings is 2. The lowest BCUT2D eigenvalue weighted by atomic mass is 10.0. The lowest BCUT2D eigenvalue weighted by molar-refractivity contribution is -0.127. The van der Waals surface area contributed by atoms with Crippen LogP contribution in [0.5, 0.6) is 5.75 Å². The van der Waals surface area contributed by atoms with Crippen molar-refractivity contribution >= 4 is 29.2 Å². The minimum absolute atomic E-state index is 0.00242. The minimum atomic E-state index is -1.12. The van der Waals surface area contributed by atoms with Crippen molar-refractivity contribution in [2.45, 2.75) is 38.8 Å². The van der Waals surface area contributed by atoms with Crippen molar-refractivity contribution in [3.63, 3.8) is 0 Å². The van der Waals surface area contributed by atoms with Crippen molar-refractivity contribution < 1.29 is 23.9 Å². The van der Waals surface area contributed by atoms with Gasteiger partial charge in [0.15, 0.2) is 0 Å². The molecule has 3 aromatic rings. The fraction of sp³-hybridized carbons (Fsp3) is 0.231. The summed E-state index contributed by atoms with van der Waals surface area (Å²) in [5.41, 5.74) is 0.732. The van der Waals surface area contributed by atoms with Gasteiger partial charge in [0.2, 0.25) is 17.7 Å². The topological polar surface area (TPSA) is 112 Å². The van der Waals surface area contributed by atoms with Crippen LogP contribution in [-0.4, -0.2) is 33.9 Å². The number of nitrogens with one attached hydrogen (secondary N) is 2. The zero-order valence-electron chi connectivity index (χ0n) is 19.4. The predicted molar refractivity (Wildman–Crippen MR) is 130 cm³/mol. The van der Waals surface area contributed by atoms with Gasteiger partial charge in [0.25, 0.3) is 0 Å². The molecule has 1 aromatic heterocycles. The average Bonchev–Trinajstić information content (AvgIpc) is 2.82. The highest BCUT2D eigenvalue weighted by Gasteiger charge is 2.33. The molecule has 3 rings (SSSR count). The molecule has 9 heteroatoms. The SMILES string of the molecule is CC(C)NC(=O)C(c1ccc(O)cc1)N(C(=O)CCC(=O)Nc1ccccn1)c1ccc(F)cc1. The molecular formula is C26H27FN4O4. The van der Waals surface area contributed by atoms with Crippen LogP contribution in [0.4, 0.5) is 15.9 Å². The van der Waals surface area contributed by atoms with Crippen molar-refractivity contribution in [1.82, 2.24) is 10.3 Å². The second-order valence-corrected chi connectivity index (χ2v) is 8.16. The molecule has 0 saturated heterocycles. The first-order valence-corrected chi connectivity index (χ1v) is 11.1. The number of carbonyl (C=O) groups is 3. The molecule has 1 heterocycles. The van der Waals surface area contributed by atoms with Crippen LogP contribution in [-0.2, 0) is 14.4 Å². The Balaban J connectivity index is 1.92. The third-order valence-corrected chi connectivity index (χ3v) is 5.02. The van der Waals surface area contributed by atoms with E-state index < -0.39 is 29.6 Å². The predicted octanol–water partition coefficient (Wildman–Crippen LogP) is 3.94. The van der Waals surface area contributed by atoms with E-state index >= 15 is 0 Å². The van der Waals surface area contributed by atoms with Crippen LogP contribution in [0, 0.1) is 5.82 Å². The van der Waals surface area contributed by atoms with Crippen molar-refractivity contribution in [3.8, 4) is 5.75 Å². The van der Waals surface area contributed by atoms with Crippen LogP contribution in [0.2, 0.25) is 0 Å². The fourth-order valence-electron chi connectivity index (χ4n) is 3.46. The molecule has 0 saturated carbocycles. The molecule has 0 aliphatic heterocycles. The maximum Gasteiger partial charge on any atom is 0.248 e. The summed E-state index contributed by atoms with van der Waals surface area (Å²) in [6.45, 7) is 3.58. The molecule has 0 bridgehead atoms. The van der Waals surface area contributed by atoms with Crippen LogP contribution in [0.25, 0.3) is 0 Å². The third kappa shape index (κ3) is 7.10. The lowest BCUT2D eigenvalue weighted by Gasteiger charge is -2.32. The quantitative estimate of drug-likeness (QED) is 0.431. The van der Waals surface area contributed by atoms with Gasteiger partial charge in [0, 0.05) is 30.8 Å². The maximum absolute atomic E-state index is 13.6. The first-order chi connectivity index (χ1) is 16.7. The molecule has 0 aliphatic rings. The van der Waals surface area contributed by atoms with Gasteiger partial charge in [-0.15, -0.1) is 0 Å². The van der Waals surface area contributed by atoms with Crippen molar-refractivity contribution in [2.24, 2.45) is 0 Å². The molecule has 182 valence electrons. The average molecular weight is 479 g/mol. The van der Waals surface area contributed by atoms with E-state index in [0.717, 1.165) is 0 Å². The molecular weight excluding hydrogens is 451 g/mol. The van der Waals surface area contributed by atoms with Crippen LogP contribution in [0.3, 0.4) is 0 Å². The van der Waals surface area contributed by atoms with Crippen molar-refractivity contribution in [2.75, 3.05) is 10.2 Å². The first kappa shape index (κ1) is 25.4. The number of amides is 3. The van der Waals surface area contributed by atoms with Gasteiger partial charge in [-0.2, -0.15) is 0 Å². The number of halogens is 1. The van der Waals surface area contributed by atoms with Gasteiger partial charge in [0.05, 0.1) is 0 Å². The Kier molecular flexibility index (Phi) is 8.50. The summed E-state index contributed by atoms with van der Waals surface area (Å²) in [4.78, 5) is 44.4. The molecule has 35 heavy (non-hydrogen) atoms. The number of anilines is 2. The van der Waals surface area contributed by atoms with Crippen LogP contribution in [0.15, 0.2) is 72.9 Å². The Morgan fingerprint density at radius 3 is 2.26 bits per heavy atom. The van der Waals surface area contributed by atoms with Crippen LogP contribution < -0.4 is 15.5 Å². The number of pyridine rings is 1. The molecule has 3 amide bonds. The van der Waals surface area contributed by atoms with E-state index in [2.05, 4.69) is 15.6 Å². The van der Waals surface area contributed by atoms with E-state index in [0.29, 0.717) is 17.1 Å². The number of carbonyl (C=O) groups excluding carboxylic acids is 3. The normalized spacial score (nSPS) is 11.5. The molecule has 1 unspecified atom stereocenters. The first-order valence-electron chi connectivity index (χ1n) is 11.1. The van der Waals surface area contributed by atoms with E-state index in [1.165, 1.54) is 59.6 Å². The van der Waals surface area contributed by atoms with Gasteiger partial charge in [-0.25, -0.2) is 9.37 Å². The largest absolute Gasteiger partial charge is 0.508 e. The summed E-state index contributed by atoms with van der Waals surface area (Å²) < 4.78 is 13.6. The van der Waals surface area contributed by atoms with E-state index in [4.69, 9.17) is 0 Å². The summed E-state index contributed by atoms with van der Waals surface area (Å²) in [5.74, 6) is -1.51. The minimum Gasteiger partial charge on any atom is -0.508 e. The summed E-state index contributed by atoms with van der Waals surface area (Å²) in [7, 11) is 0. The number of aromatic hydroxyl groups is 1. The fourth-order valence-corrected chi connectivity index (χ4v) is 3.46. The van der Waals surface area contributed by atoms with Gasteiger partial charge < -0.3 is 15.7 Å². The molecule has 2 aromatic carbocycles. The summed E-state index contributed by atoms with van der Waals surface area (Å²) in [6.07, 6.45) is 1.17. The van der Waals surface area contributed by atoms with Gasteiger partial charge in [-0.3, -0.25) is 19.3 Å². The maximum atomic E-state index is 13.6. The lowest BCUT2D eigenvalue weighted by Crippen LogP contribution is -2.46. The molecule has 0 spiro atoms. The smallest absolute Gasteiger partial charge is 0.248 e. The standard InChI is InChI=1S/C26H27FN4O4/c1-17(2)29-26(35)25(18-6-12-21(32)13-7-18)31(20-10-8-19(27)9-11-20)24(34)15-14-23(33)30-22-5-3-4-16-28-22/h3-13,16-17,25,32H,14-15H2,1-2H3,(H,29,35)(H,28,30,33). The van der Waals surface area contributed by atoms with Gasteiger partial charge in [0.1, 0.15) is 23.4 Å². The van der Waals surface area contributed by atoms with Crippen molar-refractivity contribution in [1.29, 1.82) is 0 Å². The van der Waals surface area contributed by atoms with Gasteiger partial charge in [-0.05, 0) is 67.9 Å². The van der Waals surface area contributed by atoms with Crippen LogP contribution in [0.1, 0.15) is 38.3 Å². The summed E-state index contributed by atoms with van der Waals surface area (Å²) in [6, 6.07) is 14.8. The number of hydrogen-bond acceptors (Lipinski definition) is 5. The highest BCUT2D eigenvalue weighted by Crippen LogP contribution is 2.30. The Morgan fingerprint density at radius 2 is 1.66 bits per heavy atom. The molecule has 8 nitrogen and oxygen atoms in total. The van der Waals surface area contributed by atoms with E-state index in [1.54, 1.807) is 32.0 Å². The van der Waals surface area contributed by atoms with Gasteiger partial charge >= 0.3 is 0 Å². The number of aromatic nitrogens is 1. The Labute approximate surface area is 202 Å². The zero-order chi connectivity index (χ0) is 25.4. The Morgan fingerprint density at radius 1 is 0.971 bits per heavy atom. The van der Waals surface area contributed by atoms with Crippen LogP contribution >= 0.6 is 0 Å². The zero-order valence-corrected chi connectivity index (χ0v) is 19.4. The monoisotopic (exact) mass is 478 g/mol. The van der Waals surface area contributed by atoms with E-state index in [9.17, 15) is 23.9 Å². The summed E-state index contributed by atoms with van der Waals surface area (Å²) in [5, 5.41) is 15.1. The molecule has 1 atom stereocenters. The summed E-state index contributed by atoms with van der Waals surface area (Å²) >= 11 is 0. The number of nitrogens with zero attached hydrogens (tertiary/aromatic N) is 2. The molecule has 3 N–H and O–H groups in total. The number of phenolic OH excluding ortho intramolecular Hbond substituents is 1. The van der Waals surface area contributed by atoms with E-state index in [-0.39, 0.29) is 24.6 Å².